The van der Waals surface area contributed by atoms with Gasteiger partial charge in [-0.15, -0.1) is 0 Å². The van der Waals surface area contributed by atoms with Crippen molar-refractivity contribution in [3.63, 3.8) is 0 Å². The first-order valence-corrected chi connectivity index (χ1v) is 10.7. The van der Waals surface area contributed by atoms with Crippen molar-refractivity contribution in [2.75, 3.05) is 45.4 Å². The Morgan fingerprint density at radius 2 is 1.78 bits per heavy atom. The predicted octanol–water partition coefficient (Wildman–Crippen LogP) is 3.54. The maximum atomic E-state index is 5.35. The standard InChI is InChI=1S/C24H30N6O2/c1-17-15-19(30-10-6-9-25-30)7-8-20(17)22-23-24(28(3)27-22)21(16-18(2)26-23)29(11-13-31-4)12-14-32-5/h6-10,15-16H,11-14H2,1-5H3. The summed E-state index contributed by atoms with van der Waals surface area (Å²) in [6.07, 6.45) is 3.72. The summed E-state index contributed by atoms with van der Waals surface area (Å²) in [7, 11) is 5.42. The van der Waals surface area contributed by atoms with Crippen LogP contribution in [0.15, 0.2) is 42.7 Å². The molecular formula is C24H30N6O2. The van der Waals surface area contributed by atoms with Crippen molar-refractivity contribution in [1.82, 2.24) is 24.5 Å². The van der Waals surface area contributed by atoms with Crippen LogP contribution in [0.1, 0.15) is 11.3 Å². The Labute approximate surface area is 188 Å². The van der Waals surface area contributed by atoms with E-state index in [2.05, 4.69) is 41.2 Å². The monoisotopic (exact) mass is 434 g/mol. The summed E-state index contributed by atoms with van der Waals surface area (Å²) >= 11 is 0. The van der Waals surface area contributed by atoms with E-state index in [0.717, 1.165) is 58.0 Å². The summed E-state index contributed by atoms with van der Waals surface area (Å²) in [6, 6.07) is 10.3. The lowest BCUT2D eigenvalue weighted by atomic mass is 10.0. The molecule has 0 saturated carbocycles. The van der Waals surface area contributed by atoms with Gasteiger partial charge in [0.15, 0.2) is 0 Å². The third-order valence-electron chi connectivity index (χ3n) is 5.60. The highest BCUT2D eigenvalue weighted by Crippen LogP contribution is 2.35. The van der Waals surface area contributed by atoms with E-state index in [1.165, 1.54) is 0 Å². The van der Waals surface area contributed by atoms with Crippen LogP contribution >= 0.6 is 0 Å². The first kappa shape index (κ1) is 22.0. The van der Waals surface area contributed by atoms with Crippen LogP contribution in [0.5, 0.6) is 0 Å². The number of anilines is 1. The second kappa shape index (κ2) is 9.50. The number of benzene rings is 1. The minimum Gasteiger partial charge on any atom is -0.383 e. The van der Waals surface area contributed by atoms with Gasteiger partial charge >= 0.3 is 0 Å². The molecule has 0 amide bonds. The first-order valence-electron chi connectivity index (χ1n) is 10.7. The van der Waals surface area contributed by atoms with Crippen LogP contribution in [-0.2, 0) is 16.5 Å². The number of fused-ring (bicyclic) bond motifs is 1. The number of aromatic nitrogens is 5. The van der Waals surface area contributed by atoms with Gasteiger partial charge in [0.1, 0.15) is 16.7 Å². The number of pyridine rings is 1. The van der Waals surface area contributed by atoms with Crippen molar-refractivity contribution >= 4 is 16.7 Å². The van der Waals surface area contributed by atoms with Gasteiger partial charge in [0, 0.05) is 58.0 Å². The molecule has 0 bridgehead atoms. The number of ether oxygens (including phenoxy) is 2. The van der Waals surface area contributed by atoms with Crippen molar-refractivity contribution in [2.45, 2.75) is 13.8 Å². The van der Waals surface area contributed by atoms with Crippen molar-refractivity contribution in [3.8, 4) is 16.9 Å². The summed E-state index contributed by atoms with van der Waals surface area (Å²) in [5.74, 6) is 0. The molecule has 0 spiro atoms. The molecule has 32 heavy (non-hydrogen) atoms. The third kappa shape index (κ3) is 4.24. The van der Waals surface area contributed by atoms with Crippen LogP contribution in [0.2, 0.25) is 0 Å². The van der Waals surface area contributed by atoms with Gasteiger partial charge in [0.05, 0.1) is 24.6 Å². The van der Waals surface area contributed by atoms with Crippen molar-refractivity contribution < 1.29 is 9.47 Å². The van der Waals surface area contributed by atoms with Crippen molar-refractivity contribution in [2.24, 2.45) is 7.05 Å². The summed E-state index contributed by atoms with van der Waals surface area (Å²) < 4.78 is 14.5. The molecule has 0 N–H and O–H groups in total. The Hall–Kier alpha value is -3.23. The maximum absolute atomic E-state index is 5.35. The lowest BCUT2D eigenvalue weighted by molar-refractivity contribution is 0.190. The van der Waals surface area contributed by atoms with Gasteiger partial charge in [-0.1, -0.05) is 6.07 Å². The number of rotatable bonds is 9. The van der Waals surface area contributed by atoms with E-state index < -0.39 is 0 Å². The minimum absolute atomic E-state index is 0.630. The van der Waals surface area contributed by atoms with Gasteiger partial charge in [-0.05, 0) is 43.7 Å². The molecule has 4 aromatic rings. The van der Waals surface area contributed by atoms with Gasteiger partial charge in [-0.25, -0.2) is 9.67 Å². The van der Waals surface area contributed by atoms with Crippen LogP contribution in [-0.4, -0.2) is 65.1 Å². The summed E-state index contributed by atoms with van der Waals surface area (Å²) in [4.78, 5) is 7.18. The summed E-state index contributed by atoms with van der Waals surface area (Å²) in [6.45, 7) is 6.91. The van der Waals surface area contributed by atoms with E-state index in [1.54, 1.807) is 20.4 Å². The zero-order valence-electron chi connectivity index (χ0n) is 19.4. The van der Waals surface area contributed by atoms with E-state index in [-0.39, 0.29) is 0 Å². The average Bonchev–Trinajstić information content (AvgIpc) is 3.42. The van der Waals surface area contributed by atoms with E-state index in [1.807, 2.05) is 35.6 Å². The normalized spacial score (nSPS) is 11.4. The van der Waals surface area contributed by atoms with E-state index >= 15 is 0 Å². The summed E-state index contributed by atoms with van der Waals surface area (Å²) in [5.41, 5.74) is 8.04. The molecule has 0 unspecified atom stereocenters. The SMILES string of the molecule is COCCN(CCOC)c1cc(C)nc2c(-c3ccc(-n4cccn4)cc3C)nn(C)c12. The molecule has 0 fully saturated rings. The smallest absolute Gasteiger partial charge is 0.119 e. The Morgan fingerprint density at radius 1 is 1.03 bits per heavy atom. The fourth-order valence-electron chi connectivity index (χ4n) is 4.04. The van der Waals surface area contributed by atoms with Gasteiger partial charge in [0.2, 0.25) is 0 Å². The highest BCUT2D eigenvalue weighted by atomic mass is 16.5. The molecule has 0 radical (unpaired) electrons. The largest absolute Gasteiger partial charge is 0.383 e. The molecule has 4 rings (SSSR count). The molecule has 168 valence electrons. The molecule has 8 nitrogen and oxygen atoms in total. The fourth-order valence-corrected chi connectivity index (χ4v) is 4.04. The van der Waals surface area contributed by atoms with Crippen molar-refractivity contribution in [3.05, 3.63) is 54.0 Å². The van der Waals surface area contributed by atoms with Crippen LogP contribution in [0.3, 0.4) is 0 Å². The van der Waals surface area contributed by atoms with Crippen LogP contribution in [0.4, 0.5) is 5.69 Å². The van der Waals surface area contributed by atoms with Gasteiger partial charge in [-0.2, -0.15) is 10.2 Å². The predicted molar refractivity (Wildman–Crippen MR) is 127 cm³/mol. The Bertz CT molecular complexity index is 1190. The highest BCUT2D eigenvalue weighted by molar-refractivity contribution is 5.98. The maximum Gasteiger partial charge on any atom is 0.119 e. The second-order valence-electron chi connectivity index (χ2n) is 7.87. The van der Waals surface area contributed by atoms with E-state index in [0.29, 0.717) is 13.2 Å². The zero-order valence-corrected chi connectivity index (χ0v) is 19.4. The molecule has 0 aliphatic rings. The molecule has 3 heterocycles. The lowest BCUT2D eigenvalue weighted by Gasteiger charge is -2.25. The van der Waals surface area contributed by atoms with Crippen LogP contribution in [0, 0.1) is 13.8 Å². The summed E-state index contributed by atoms with van der Waals surface area (Å²) in [5, 5.41) is 9.23. The Kier molecular flexibility index (Phi) is 6.53. The second-order valence-corrected chi connectivity index (χ2v) is 7.87. The average molecular weight is 435 g/mol. The molecule has 0 saturated heterocycles. The Morgan fingerprint density at radius 3 is 2.41 bits per heavy atom. The highest BCUT2D eigenvalue weighted by Gasteiger charge is 2.21. The molecule has 1 aromatic carbocycles. The molecule has 3 aromatic heterocycles. The zero-order chi connectivity index (χ0) is 22.7. The minimum atomic E-state index is 0.630. The third-order valence-corrected chi connectivity index (χ3v) is 5.60. The molecule has 0 aliphatic carbocycles. The number of hydrogen-bond acceptors (Lipinski definition) is 6. The fraction of sp³-hybridized carbons (Fsp3) is 0.375. The first-order chi connectivity index (χ1) is 15.5. The molecule has 0 aliphatic heterocycles. The van der Waals surface area contributed by atoms with Gasteiger partial charge in [0.25, 0.3) is 0 Å². The van der Waals surface area contributed by atoms with E-state index in [4.69, 9.17) is 19.6 Å². The van der Waals surface area contributed by atoms with Crippen molar-refractivity contribution in [1.29, 1.82) is 0 Å². The quantitative estimate of drug-likeness (QED) is 0.401. The Balaban J connectivity index is 1.83. The number of nitrogens with zero attached hydrogens (tertiary/aromatic N) is 6. The molecule has 0 atom stereocenters. The van der Waals surface area contributed by atoms with Gasteiger partial charge in [-0.3, -0.25) is 4.68 Å². The van der Waals surface area contributed by atoms with Gasteiger partial charge < -0.3 is 14.4 Å². The molecular weight excluding hydrogens is 404 g/mol. The van der Waals surface area contributed by atoms with Crippen LogP contribution in [0.25, 0.3) is 28.0 Å². The van der Waals surface area contributed by atoms with Crippen LogP contribution < -0.4 is 4.90 Å². The lowest BCUT2D eigenvalue weighted by Crippen LogP contribution is -2.31. The number of aryl methyl sites for hydroxylation is 3. The topological polar surface area (TPSA) is 70.2 Å². The molecule has 8 heteroatoms. The van der Waals surface area contributed by atoms with E-state index in [9.17, 15) is 0 Å². The number of methoxy groups -OCH3 is 2. The number of hydrogen-bond donors (Lipinski definition) is 0.